The Balaban J connectivity index is 2.05. The van der Waals surface area contributed by atoms with Crippen LogP contribution in [0.5, 0.6) is 0 Å². The van der Waals surface area contributed by atoms with Gasteiger partial charge in [0, 0.05) is 16.4 Å². The lowest BCUT2D eigenvalue weighted by molar-refractivity contribution is 0.0600. The predicted octanol–water partition coefficient (Wildman–Crippen LogP) is 3.81. The first kappa shape index (κ1) is 15.5. The second kappa shape index (κ2) is 7.22. The van der Waals surface area contributed by atoms with Crippen molar-refractivity contribution in [3.63, 3.8) is 0 Å². The van der Waals surface area contributed by atoms with Crippen molar-refractivity contribution in [2.24, 2.45) is 0 Å². The highest BCUT2D eigenvalue weighted by atomic mass is 79.9. The van der Waals surface area contributed by atoms with E-state index in [1.807, 2.05) is 18.2 Å². The summed E-state index contributed by atoms with van der Waals surface area (Å²) in [6, 6.07) is 9.71. The van der Waals surface area contributed by atoms with Crippen LogP contribution in [0.2, 0.25) is 0 Å². The van der Waals surface area contributed by atoms with E-state index in [0.29, 0.717) is 12.1 Å². The SMILES string of the molecule is CCc1cc(Br)ccc1NCc1ccc(C(=O)OC)cn1. The summed E-state index contributed by atoms with van der Waals surface area (Å²) in [5.41, 5.74) is 3.67. The van der Waals surface area contributed by atoms with E-state index in [2.05, 4.69) is 44.0 Å². The molecule has 4 nitrogen and oxygen atoms in total. The molecule has 110 valence electrons. The summed E-state index contributed by atoms with van der Waals surface area (Å²) in [5.74, 6) is -0.372. The molecule has 0 saturated heterocycles. The number of aromatic nitrogens is 1. The Kier molecular flexibility index (Phi) is 5.33. The molecule has 0 saturated carbocycles. The van der Waals surface area contributed by atoms with E-state index >= 15 is 0 Å². The molecule has 1 aromatic heterocycles. The van der Waals surface area contributed by atoms with Crippen LogP contribution in [0.15, 0.2) is 41.0 Å². The van der Waals surface area contributed by atoms with Gasteiger partial charge in [-0.2, -0.15) is 0 Å². The number of rotatable bonds is 5. The molecule has 2 aromatic rings. The third kappa shape index (κ3) is 4.04. The van der Waals surface area contributed by atoms with Crippen molar-refractivity contribution >= 4 is 27.6 Å². The molecular formula is C16H17BrN2O2. The Morgan fingerprint density at radius 3 is 2.76 bits per heavy atom. The molecule has 5 heteroatoms. The average Bonchev–Trinajstić information content (AvgIpc) is 2.53. The maximum atomic E-state index is 11.3. The maximum Gasteiger partial charge on any atom is 0.339 e. The van der Waals surface area contributed by atoms with Gasteiger partial charge in [0.15, 0.2) is 0 Å². The second-order valence-corrected chi connectivity index (χ2v) is 5.45. The van der Waals surface area contributed by atoms with Crippen LogP contribution in [0.3, 0.4) is 0 Å². The highest BCUT2D eigenvalue weighted by Gasteiger charge is 2.06. The number of hydrogen-bond acceptors (Lipinski definition) is 4. The lowest BCUT2D eigenvalue weighted by atomic mass is 10.1. The minimum absolute atomic E-state index is 0.372. The number of benzene rings is 1. The fourth-order valence-corrected chi connectivity index (χ4v) is 2.39. The van der Waals surface area contributed by atoms with Crippen molar-refractivity contribution in [1.82, 2.24) is 4.98 Å². The molecule has 1 heterocycles. The molecule has 1 N–H and O–H groups in total. The number of anilines is 1. The maximum absolute atomic E-state index is 11.3. The largest absolute Gasteiger partial charge is 0.465 e. The highest BCUT2D eigenvalue weighted by molar-refractivity contribution is 9.10. The van der Waals surface area contributed by atoms with Gasteiger partial charge in [-0.05, 0) is 42.3 Å². The smallest absolute Gasteiger partial charge is 0.339 e. The van der Waals surface area contributed by atoms with E-state index in [1.165, 1.54) is 18.9 Å². The van der Waals surface area contributed by atoms with Gasteiger partial charge in [-0.3, -0.25) is 4.98 Å². The summed E-state index contributed by atoms with van der Waals surface area (Å²) in [7, 11) is 1.36. The fourth-order valence-electron chi connectivity index (χ4n) is 1.98. The van der Waals surface area contributed by atoms with Crippen LogP contribution < -0.4 is 5.32 Å². The van der Waals surface area contributed by atoms with Gasteiger partial charge in [0.05, 0.1) is 24.9 Å². The van der Waals surface area contributed by atoms with Gasteiger partial charge in [0.25, 0.3) is 0 Å². The third-order valence-corrected chi connectivity index (χ3v) is 3.65. The monoisotopic (exact) mass is 348 g/mol. The van der Waals surface area contributed by atoms with E-state index in [-0.39, 0.29) is 5.97 Å². The molecule has 0 aliphatic rings. The fraction of sp³-hybridized carbons (Fsp3) is 0.250. The number of methoxy groups -OCH3 is 1. The summed E-state index contributed by atoms with van der Waals surface area (Å²) >= 11 is 3.48. The number of nitrogens with one attached hydrogen (secondary N) is 1. The summed E-state index contributed by atoms with van der Waals surface area (Å²) in [5, 5.41) is 3.37. The van der Waals surface area contributed by atoms with Crippen molar-refractivity contribution in [2.75, 3.05) is 12.4 Å². The van der Waals surface area contributed by atoms with Crippen LogP contribution in [0.25, 0.3) is 0 Å². The van der Waals surface area contributed by atoms with Gasteiger partial charge in [-0.15, -0.1) is 0 Å². The number of pyridine rings is 1. The van der Waals surface area contributed by atoms with Crippen molar-refractivity contribution in [3.8, 4) is 0 Å². The van der Waals surface area contributed by atoms with Crippen LogP contribution in [0.1, 0.15) is 28.5 Å². The zero-order valence-corrected chi connectivity index (χ0v) is 13.6. The molecule has 0 fully saturated rings. The predicted molar refractivity (Wildman–Crippen MR) is 86.4 cm³/mol. The third-order valence-electron chi connectivity index (χ3n) is 3.15. The number of esters is 1. The Labute approximate surface area is 132 Å². The van der Waals surface area contributed by atoms with E-state index < -0.39 is 0 Å². The number of ether oxygens (including phenoxy) is 1. The topological polar surface area (TPSA) is 51.2 Å². The molecule has 0 aliphatic carbocycles. The standard InChI is InChI=1S/C16H17BrN2O2/c1-3-11-8-13(17)5-7-15(11)19-10-14-6-4-12(9-18-14)16(20)21-2/h4-9,19H,3,10H2,1-2H3. The summed E-state index contributed by atoms with van der Waals surface area (Å²) < 4.78 is 5.72. The second-order valence-electron chi connectivity index (χ2n) is 4.54. The van der Waals surface area contributed by atoms with Crippen molar-refractivity contribution < 1.29 is 9.53 Å². The van der Waals surface area contributed by atoms with Crippen LogP contribution in [-0.4, -0.2) is 18.1 Å². The lowest BCUT2D eigenvalue weighted by Gasteiger charge is -2.11. The van der Waals surface area contributed by atoms with Crippen LogP contribution in [-0.2, 0) is 17.7 Å². The van der Waals surface area contributed by atoms with E-state index in [1.54, 1.807) is 6.07 Å². The van der Waals surface area contributed by atoms with Gasteiger partial charge < -0.3 is 10.1 Å². The summed E-state index contributed by atoms with van der Waals surface area (Å²) in [6.45, 7) is 2.73. The molecule has 0 radical (unpaired) electrons. The van der Waals surface area contributed by atoms with Gasteiger partial charge in [-0.1, -0.05) is 22.9 Å². The number of halogens is 1. The molecule has 2 rings (SSSR count). The number of nitrogens with zero attached hydrogens (tertiary/aromatic N) is 1. The van der Waals surface area contributed by atoms with E-state index in [0.717, 1.165) is 22.3 Å². The first-order valence-corrected chi connectivity index (χ1v) is 7.49. The average molecular weight is 349 g/mol. The van der Waals surface area contributed by atoms with Crippen LogP contribution in [0.4, 0.5) is 5.69 Å². The minimum Gasteiger partial charge on any atom is -0.465 e. The van der Waals surface area contributed by atoms with Crippen LogP contribution in [0, 0.1) is 0 Å². The Hall–Kier alpha value is -1.88. The molecule has 0 unspecified atom stereocenters. The zero-order chi connectivity index (χ0) is 15.2. The van der Waals surface area contributed by atoms with E-state index in [4.69, 9.17) is 0 Å². The highest BCUT2D eigenvalue weighted by Crippen LogP contribution is 2.22. The number of carbonyl (C=O) groups excluding carboxylic acids is 1. The number of carbonyl (C=O) groups is 1. The van der Waals surface area contributed by atoms with Crippen molar-refractivity contribution in [3.05, 3.63) is 57.8 Å². The Morgan fingerprint density at radius 2 is 2.14 bits per heavy atom. The lowest BCUT2D eigenvalue weighted by Crippen LogP contribution is -2.06. The first-order chi connectivity index (χ1) is 10.1. The normalized spacial score (nSPS) is 10.2. The van der Waals surface area contributed by atoms with Gasteiger partial charge >= 0.3 is 5.97 Å². The van der Waals surface area contributed by atoms with Gasteiger partial charge in [0.1, 0.15) is 0 Å². The van der Waals surface area contributed by atoms with E-state index in [9.17, 15) is 4.79 Å². The zero-order valence-electron chi connectivity index (χ0n) is 12.0. The minimum atomic E-state index is -0.372. The Bertz CT molecular complexity index is 627. The number of hydrogen-bond donors (Lipinski definition) is 1. The molecule has 0 aliphatic heterocycles. The molecule has 21 heavy (non-hydrogen) atoms. The van der Waals surface area contributed by atoms with Gasteiger partial charge in [-0.25, -0.2) is 4.79 Å². The van der Waals surface area contributed by atoms with Gasteiger partial charge in [0.2, 0.25) is 0 Å². The quantitative estimate of drug-likeness (QED) is 0.834. The molecule has 0 spiro atoms. The molecule has 0 atom stereocenters. The first-order valence-electron chi connectivity index (χ1n) is 6.69. The van der Waals surface area contributed by atoms with Crippen LogP contribution >= 0.6 is 15.9 Å². The van der Waals surface area contributed by atoms with Crippen molar-refractivity contribution in [2.45, 2.75) is 19.9 Å². The molecular weight excluding hydrogens is 332 g/mol. The molecule has 0 amide bonds. The summed E-state index contributed by atoms with van der Waals surface area (Å²) in [4.78, 5) is 15.6. The molecule has 1 aromatic carbocycles. The Morgan fingerprint density at radius 1 is 1.33 bits per heavy atom. The summed E-state index contributed by atoms with van der Waals surface area (Å²) in [6.07, 6.45) is 2.49. The van der Waals surface area contributed by atoms with Crippen molar-refractivity contribution in [1.29, 1.82) is 0 Å². The molecule has 0 bridgehead atoms. The number of aryl methyl sites for hydroxylation is 1.